The van der Waals surface area contributed by atoms with Crippen molar-refractivity contribution in [2.45, 2.75) is 12.3 Å². The molecule has 1 aliphatic heterocycles. The largest absolute Gasteiger partial charge is 0.478 e. The molecule has 1 atom stereocenters. The van der Waals surface area contributed by atoms with E-state index in [2.05, 4.69) is 35.7 Å². The number of hydrogen-bond donors (Lipinski definition) is 2. The lowest BCUT2D eigenvalue weighted by molar-refractivity contribution is -0.134. The first kappa shape index (κ1) is 20.0. The molecule has 1 unspecified atom stereocenters. The summed E-state index contributed by atoms with van der Waals surface area (Å²) >= 11 is 0. The minimum atomic E-state index is -1.26. The Bertz CT molecular complexity index is 832. The molecule has 2 aromatic rings. The van der Waals surface area contributed by atoms with Gasteiger partial charge in [0.2, 0.25) is 0 Å². The van der Waals surface area contributed by atoms with Gasteiger partial charge in [0.25, 0.3) is 0 Å². The number of benzene rings is 1. The zero-order valence-corrected chi connectivity index (χ0v) is 15.0. The van der Waals surface area contributed by atoms with Crippen molar-refractivity contribution in [2.24, 2.45) is 4.99 Å². The van der Waals surface area contributed by atoms with Crippen LogP contribution in [0.1, 0.15) is 18.1 Å². The van der Waals surface area contributed by atoms with Crippen molar-refractivity contribution in [3.63, 3.8) is 0 Å². The van der Waals surface area contributed by atoms with Crippen LogP contribution in [0, 0.1) is 0 Å². The number of rotatable bonds is 5. The quantitative estimate of drug-likeness (QED) is 0.619. The van der Waals surface area contributed by atoms with Crippen molar-refractivity contribution in [3.8, 4) is 0 Å². The van der Waals surface area contributed by atoms with Gasteiger partial charge in [-0.15, -0.1) is 6.58 Å². The number of nitrogens with zero attached hydrogens (tertiary/aromatic N) is 2. The van der Waals surface area contributed by atoms with E-state index in [-0.39, 0.29) is 0 Å². The van der Waals surface area contributed by atoms with Crippen LogP contribution in [0.5, 0.6) is 0 Å². The Kier molecular flexibility index (Phi) is 6.93. The molecule has 0 radical (unpaired) electrons. The van der Waals surface area contributed by atoms with Gasteiger partial charge < -0.3 is 19.5 Å². The summed E-state index contributed by atoms with van der Waals surface area (Å²) < 4.78 is 5.95. The number of aliphatic carboxylic acids is 2. The molecule has 0 saturated carbocycles. The van der Waals surface area contributed by atoms with Gasteiger partial charge in [-0.25, -0.2) is 9.59 Å². The highest BCUT2D eigenvalue weighted by atomic mass is 16.4. The molecule has 1 aromatic heterocycles. The van der Waals surface area contributed by atoms with Crippen LogP contribution in [-0.4, -0.2) is 53.0 Å². The van der Waals surface area contributed by atoms with Crippen molar-refractivity contribution < 1.29 is 24.2 Å². The molecule has 0 amide bonds. The van der Waals surface area contributed by atoms with Crippen LogP contribution in [0.25, 0.3) is 11.0 Å². The lowest BCUT2D eigenvalue weighted by atomic mass is 10.1. The van der Waals surface area contributed by atoms with Crippen LogP contribution >= 0.6 is 0 Å². The fourth-order valence-electron chi connectivity index (χ4n) is 2.77. The first-order chi connectivity index (χ1) is 12.9. The Morgan fingerprint density at radius 2 is 1.96 bits per heavy atom. The number of likely N-dealkylation sites (tertiary alicyclic amines) is 1. The number of hydrogen-bond acceptors (Lipinski definition) is 4. The first-order valence-corrected chi connectivity index (χ1v) is 8.38. The molecule has 0 bridgehead atoms. The molecule has 1 saturated heterocycles. The van der Waals surface area contributed by atoms with Crippen LogP contribution < -0.4 is 0 Å². The van der Waals surface area contributed by atoms with Gasteiger partial charge in [0.05, 0.1) is 12.4 Å². The Hall–Kier alpha value is -3.35. The van der Waals surface area contributed by atoms with Crippen LogP contribution in [0.15, 0.2) is 64.5 Å². The van der Waals surface area contributed by atoms with Crippen LogP contribution in [0.3, 0.4) is 0 Å². The van der Waals surface area contributed by atoms with E-state index in [4.69, 9.17) is 14.6 Å². The maximum Gasteiger partial charge on any atom is 0.328 e. The van der Waals surface area contributed by atoms with Gasteiger partial charge in [0.1, 0.15) is 11.3 Å². The molecule has 7 nitrogen and oxygen atoms in total. The lowest BCUT2D eigenvalue weighted by Gasteiger charge is -2.10. The molecule has 27 heavy (non-hydrogen) atoms. The van der Waals surface area contributed by atoms with E-state index in [1.807, 2.05) is 24.3 Å². The number of amidine groups is 1. The number of fused-ring (bicyclic) bond motifs is 1. The predicted molar refractivity (Wildman–Crippen MR) is 103 cm³/mol. The number of carboxylic acid groups (broad SMARTS) is 2. The van der Waals surface area contributed by atoms with Gasteiger partial charge >= 0.3 is 11.9 Å². The second-order valence-electron chi connectivity index (χ2n) is 6.02. The number of para-hydroxylation sites is 1. The molecule has 0 spiro atoms. The molecule has 142 valence electrons. The second-order valence-corrected chi connectivity index (χ2v) is 6.02. The van der Waals surface area contributed by atoms with Crippen LogP contribution in [-0.2, 0) is 9.59 Å². The molecule has 1 aliphatic rings. The van der Waals surface area contributed by atoms with Crippen molar-refractivity contribution in [2.75, 3.05) is 20.1 Å². The van der Waals surface area contributed by atoms with Gasteiger partial charge in [-0.1, -0.05) is 24.3 Å². The Labute approximate surface area is 156 Å². The van der Waals surface area contributed by atoms with E-state index >= 15 is 0 Å². The standard InChI is InChI=1S/C16H18N2O.C4H4O4/c1-3-8-17-16-10-13(11-18(16)2)15-9-12-6-4-5-7-14(12)19-15;5-3(6)1-2-4(7)8/h3-7,9,13H,1,8,10-11H2,2H3;1-2H,(H,5,6)(H,7,8)/b;2-1+. The SMILES string of the molecule is C=CCN=C1CC(c2cc3ccccc3o2)CN1C.O=C(O)/C=C/C(=O)O. The smallest absolute Gasteiger partial charge is 0.328 e. The molecule has 2 N–H and O–H groups in total. The minimum absolute atomic E-state index is 0.404. The van der Waals surface area contributed by atoms with E-state index < -0.39 is 11.9 Å². The molecule has 3 rings (SSSR count). The number of carboxylic acids is 2. The number of carbonyl (C=O) groups is 2. The third kappa shape index (κ3) is 5.85. The summed E-state index contributed by atoms with van der Waals surface area (Å²) in [6.45, 7) is 5.36. The topological polar surface area (TPSA) is 103 Å². The van der Waals surface area contributed by atoms with E-state index in [0.717, 1.165) is 30.1 Å². The average Bonchev–Trinajstić information content (AvgIpc) is 3.22. The molecule has 1 fully saturated rings. The molecular weight excluding hydrogens is 348 g/mol. The summed E-state index contributed by atoms with van der Waals surface area (Å²) in [6, 6.07) is 10.3. The van der Waals surface area contributed by atoms with Gasteiger partial charge in [-0.3, -0.25) is 4.99 Å². The predicted octanol–water partition coefficient (Wildman–Crippen LogP) is 3.15. The van der Waals surface area contributed by atoms with Gasteiger partial charge in [0.15, 0.2) is 0 Å². The number of aliphatic imine (C=N–C) groups is 1. The van der Waals surface area contributed by atoms with Crippen molar-refractivity contribution >= 4 is 28.7 Å². The monoisotopic (exact) mass is 370 g/mol. The minimum Gasteiger partial charge on any atom is -0.478 e. The van der Waals surface area contributed by atoms with Gasteiger partial charge in [0, 0.05) is 43.5 Å². The van der Waals surface area contributed by atoms with Crippen LogP contribution in [0.2, 0.25) is 0 Å². The fourth-order valence-corrected chi connectivity index (χ4v) is 2.77. The highest BCUT2D eigenvalue weighted by Gasteiger charge is 2.28. The van der Waals surface area contributed by atoms with E-state index in [9.17, 15) is 9.59 Å². The summed E-state index contributed by atoms with van der Waals surface area (Å²) in [4.78, 5) is 25.9. The van der Waals surface area contributed by atoms with E-state index in [1.165, 1.54) is 5.39 Å². The average molecular weight is 370 g/mol. The van der Waals surface area contributed by atoms with Crippen molar-refractivity contribution in [1.29, 1.82) is 0 Å². The zero-order chi connectivity index (χ0) is 19.8. The molecule has 7 heteroatoms. The maximum atomic E-state index is 9.55. The first-order valence-electron chi connectivity index (χ1n) is 8.38. The molecular formula is C20H22N2O5. The Balaban J connectivity index is 0.000000279. The van der Waals surface area contributed by atoms with Gasteiger partial charge in [-0.05, 0) is 12.1 Å². The third-order valence-electron chi connectivity index (χ3n) is 3.98. The summed E-state index contributed by atoms with van der Waals surface area (Å²) in [7, 11) is 2.09. The summed E-state index contributed by atoms with van der Waals surface area (Å²) in [5.74, 6) is 0.1000. The Morgan fingerprint density at radius 3 is 2.56 bits per heavy atom. The van der Waals surface area contributed by atoms with Gasteiger partial charge in [-0.2, -0.15) is 0 Å². The highest BCUT2D eigenvalue weighted by molar-refractivity contribution is 5.89. The van der Waals surface area contributed by atoms with Crippen LogP contribution in [0.4, 0.5) is 0 Å². The summed E-state index contributed by atoms with van der Waals surface area (Å²) in [6.07, 6.45) is 3.89. The van der Waals surface area contributed by atoms with E-state index in [0.29, 0.717) is 24.6 Å². The fraction of sp³-hybridized carbons (Fsp3) is 0.250. The second kappa shape index (κ2) is 9.38. The third-order valence-corrected chi connectivity index (χ3v) is 3.98. The Morgan fingerprint density at radius 1 is 1.30 bits per heavy atom. The molecule has 1 aromatic carbocycles. The normalized spacial score (nSPS) is 17.9. The molecule has 0 aliphatic carbocycles. The summed E-state index contributed by atoms with van der Waals surface area (Å²) in [5.41, 5.74) is 0.969. The number of furan rings is 1. The zero-order valence-electron chi connectivity index (χ0n) is 15.0. The lowest BCUT2D eigenvalue weighted by Crippen LogP contribution is -2.19. The molecule has 2 heterocycles. The summed E-state index contributed by atoms with van der Waals surface area (Å²) in [5, 5.41) is 16.8. The number of likely N-dealkylation sites (N-methyl/N-ethyl adjacent to an activating group) is 1. The highest BCUT2D eigenvalue weighted by Crippen LogP contribution is 2.32. The van der Waals surface area contributed by atoms with Crippen molar-refractivity contribution in [3.05, 3.63) is 60.9 Å². The maximum absolute atomic E-state index is 9.55. The van der Waals surface area contributed by atoms with Crippen molar-refractivity contribution in [1.82, 2.24) is 4.90 Å². The van der Waals surface area contributed by atoms with E-state index in [1.54, 1.807) is 0 Å².